The predicted octanol–water partition coefficient (Wildman–Crippen LogP) is 3.44. The molecule has 1 aromatic carbocycles. The van der Waals surface area contributed by atoms with Gasteiger partial charge in [-0.15, -0.1) is 11.3 Å². The molecule has 78 valence electrons. The van der Waals surface area contributed by atoms with E-state index in [1.165, 1.54) is 5.56 Å². The second-order valence-electron chi connectivity index (χ2n) is 3.50. The Hall–Kier alpha value is -1.35. The monoisotopic (exact) mass is 219 g/mol. The van der Waals surface area contributed by atoms with E-state index in [0.717, 1.165) is 21.9 Å². The molecule has 2 aromatic rings. The van der Waals surface area contributed by atoms with Crippen LogP contribution >= 0.6 is 11.3 Å². The average molecular weight is 219 g/mol. The summed E-state index contributed by atoms with van der Waals surface area (Å²) >= 11 is 1.63. The summed E-state index contributed by atoms with van der Waals surface area (Å²) in [6.45, 7) is 4.15. The molecule has 0 amide bonds. The zero-order valence-electron chi connectivity index (χ0n) is 9.07. The van der Waals surface area contributed by atoms with E-state index >= 15 is 0 Å². The standard InChI is InChI=1S/C12H13NOS/c1-8-6-9(2)11(14-3)10(7-8)12-13-4-5-15-12/h4-7H,1-3H3. The zero-order valence-corrected chi connectivity index (χ0v) is 9.89. The van der Waals surface area contributed by atoms with Gasteiger partial charge in [-0.05, 0) is 31.0 Å². The lowest BCUT2D eigenvalue weighted by atomic mass is 10.1. The van der Waals surface area contributed by atoms with Crippen molar-refractivity contribution < 1.29 is 4.74 Å². The Bertz CT molecular complexity index is 463. The molecule has 2 nitrogen and oxygen atoms in total. The lowest BCUT2D eigenvalue weighted by molar-refractivity contribution is 0.413. The van der Waals surface area contributed by atoms with Crippen LogP contribution < -0.4 is 4.74 Å². The van der Waals surface area contributed by atoms with Gasteiger partial charge in [0.25, 0.3) is 0 Å². The molecule has 2 rings (SSSR count). The Balaban J connectivity index is 2.64. The van der Waals surface area contributed by atoms with E-state index in [2.05, 4.69) is 31.0 Å². The molecule has 0 saturated carbocycles. The molecule has 0 unspecified atom stereocenters. The van der Waals surface area contributed by atoms with Crippen LogP contribution in [0.4, 0.5) is 0 Å². The van der Waals surface area contributed by atoms with Crippen molar-refractivity contribution in [1.29, 1.82) is 0 Å². The lowest BCUT2D eigenvalue weighted by Crippen LogP contribution is -1.92. The van der Waals surface area contributed by atoms with Gasteiger partial charge in [0.2, 0.25) is 0 Å². The molecule has 1 heterocycles. The van der Waals surface area contributed by atoms with E-state index in [1.54, 1.807) is 18.4 Å². The van der Waals surface area contributed by atoms with E-state index in [1.807, 2.05) is 11.6 Å². The molecule has 1 aromatic heterocycles. The number of aromatic nitrogens is 1. The summed E-state index contributed by atoms with van der Waals surface area (Å²) in [6, 6.07) is 4.24. The molecule has 0 saturated heterocycles. The molecule has 0 spiro atoms. The molecule has 0 N–H and O–H groups in total. The number of hydrogen-bond acceptors (Lipinski definition) is 3. The fourth-order valence-corrected chi connectivity index (χ4v) is 2.39. The quantitative estimate of drug-likeness (QED) is 0.772. The van der Waals surface area contributed by atoms with E-state index in [4.69, 9.17) is 4.74 Å². The summed E-state index contributed by atoms with van der Waals surface area (Å²) in [5.74, 6) is 0.926. The first kappa shape index (κ1) is 10.2. The van der Waals surface area contributed by atoms with Gasteiger partial charge in [0.1, 0.15) is 10.8 Å². The minimum atomic E-state index is 0.926. The smallest absolute Gasteiger partial charge is 0.132 e. The zero-order chi connectivity index (χ0) is 10.8. The molecule has 0 fully saturated rings. The predicted molar refractivity (Wildman–Crippen MR) is 63.6 cm³/mol. The number of rotatable bonds is 2. The van der Waals surface area contributed by atoms with Gasteiger partial charge in [0.15, 0.2) is 0 Å². The number of aryl methyl sites for hydroxylation is 2. The molecule has 0 bridgehead atoms. The summed E-state index contributed by atoms with van der Waals surface area (Å²) in [6.07, 6.45) is 1.82. The molecule has 0 atom stereocenters. The highest BCUT2D eigenvalue weighted by Gasteiger charge is 2.11. The summed E-state index contributed by atoms with van der Waals surface area (Å²) in [7, 11) is 1.70. The van der Waals surface area contributed by atoms with Gasteiger partial charge < -0.3 is 4.74 Å². The lowest BCUT2D eigenvalue weighted by Gasteiger charge is -2.10. The molecule has 0 aliphatic heterocycles. The van der Waals surface area contributed by atoms with Crippen molar-refractivity contribution in [1.82, 2.24) is 4.98 Å². The maximum atomic E-state index is 5.42. The van der Waals surface area contributed by atoms with Crippen LogP contribution in [0.3, 0.4) is 0 Å². The number of hydrogen-bond donors (Lipinski definition) is 0. The van der Waals surface area contributed by atoms with Crippen LogP contribution in [-0.2, 0) is 0 Å². The molecule has 15 heavy (non-hydrogen) atoms. The van der Waals surface area contributed by atoms with Crippen LogP contribution in [0.5, 0.6) is 5.75 Å². The fourth-order valence-electron chi connectivity index (χ4n) is 1.74. The van der Waals surface area contributed by atoms with Crippen molar-refractivity contribution in [2.24, 2.45) is 0 Å². The van der Waals surface area contributed by atoms with Crippen LogP contribution in [-0.4, -0.2) is 12.1 Å². The Labute approximate surface area is 93.6 Å². The second kappa shape index (κ2) is 4.03. The van der Waals surface area contributed by atoms with Crippen LogP contribution in [0.25, 0.3) is 10.6 Å². The average Bonchev–Trinajstić information content (AvgIpc) is 2.69. The highest BCUT2D eigenvalue weighted by Crippen LogP contribution is 2.34. The topological polar surface area (TPSA) is 22.1 Å². The van der Waals surface area contributed by atoms with Gasteiger partial charge >= 0.3 is 0 Å². The molecule has 0 aliphatic carbocycles. The van der Waals surface area contributed by atoms with Crippen LogP contribution in [0, 0.1) is 13.8 Å². The molecule has 3 heteroatoms. The van der Waals surface area contributed by atoms with E-state index in [-0.39, 0.29) is 0 Å². The van der Waals surface area contributed by atoms with Crippen LogP contribution in [0.2, 0.25) is 0 Å². The van der Waals surface area contributed by atoms with E-state index < -0.39 is 0 Å². The number of ether oxygens (including phenoxy) is 1. The van der Waals surface area contributed by atoms with Crippen molar-refractivity contribution >= 4 is 11.3 Å². The molecule has 0 aliphatic rings. The maximum absolute atomic E-state index is 5.42. The number of methoxy groups -OCH3 is 1. The van der Waals surface area contributed by atoms with Crippen molar-refractivity contribution in [3.63, 3.8) is 0 Å². The number of nitrogens with zero attached hydrogens (tertiary/aromatic N) is 1. The van der Waals surface area contributed by atoms with Crippen molar-refractivity contribution in [2.75, 3.05) is 7.11 Å². The Morgan fingerprint density at radius 1 is 1.27 bits per heavy atom. The van der Waals surface area contributed by atoms with Gasteiger partial charge in [-0.3, -0.25) is 0 Å². The van der Waals surface area contributed by atoms with E-state index in [9.17, 15) is 0 Å². The summed E-state index contributed by atoms with van der Waals surface area (Å²) in [4.78, 5) is 4.32. The van der Waals surface area contributed by atoms with Gasteiger partial charge in [0, 0.05) is 11.6 Å². The Kier molecular flexibility index (Phi) is 2.73. The minimum absolute atomic E-state index is 0.926. The SMILES string of the molecule is COc1c(C)cc(C)cc1-c1nccs1. The highest BCUT2D eigenvalue weighted by atomic mass is 32.1. The normalized spacial score (nSPS) is 10.3. The van der Waals surface area contributed by atoms with Crippen molar-refractivity contribution in [2.45, 2.75) is 13.8 Å². The molecular weight excluding hydrogens is 206 g/mol. The Morgan fingerprint density at radius 3 is 2.67 bits per heavy atom. The van der Waals surface area contributed by atoms with Gasteiger partial charge in [-0.2, -0.15) is 0 Å². The minimum Gasteiger partial charge on any atom is -0.496 e. The Morgan fingerprint density at radius 2 is 2.07 bits per heavy atom. The van der Waals surface area contributed by atoms with Crippen LogP contribution in [0.1, 0.15) is 11.1 Å². The van der Waals surface area contributed by atoms with Crippen molar-refractivity contribution in [3.05, 3.63) is 34.8 Å². The largest absolute Gasteiger partial charge is 0.496 e. The third kappa shape index (κ3) is 1.88. The fraction of sp³-hybridized carbons (Fsp3) is 0.250. The number of thiazole rings is 1. The van der Waals surface area contributed by atoms with Gasteiger partial charge in [0.05, 0.1) is 12.7 Å². The van der Waals surface area contributed by atoms with Gasteiger partial charge in [-0.25, -0.2) is 4.98 Å². The summed E-state index contributed by atoms with van der Waals surface area (Å²) in [5.41, 5.74) is 3.48. The summed E-state index contributed by atoms with van der Waals surface area (Å²) < 4.78 is 5.42. The first-order chi connectivity index (χ1) is 7.22. The molecular formula is C12H13NOS. The molecule has 0 radical (unpaired) electrons. The van der Waals surface area contributed by atoms with Crippen LogP contribution in [0.15, 0.2) is 23.7 Å². The number of benzene rings is 1. The third-order valence-corrected chi connectivity index (χ3v) is 3.09. The highest BCUT2D eigenvalue weighted by molar-refractivity contribution is 7.13. The van der Waals surface area contributed by atoms with Gasteiger partial charge in [-0.1, -0.05) is 6.07 Å². The first-order valence-corrected chi connectivity index (χ1v) is 5.65. The van der Waals surface area contributed by atoms with E-state index in [0.29, 0.717) is 0 Å². The second-order valence-corrected chi connectivity index (χ2v) is 4.39. The summed E-state index contributed by atoms with van der Waals surface area (Å²) in [5, 5.41) is 2.99. The first-order valence-electron chi connectivity index (χ1n) is 4.77. The van der Waals surface area contributed by atoms with Crippen molar-refractivity contribution in [3.8, 4) is 16.3 Å². The third-order valence-electron chi connectivity index (χ3n) is 2.29. The maximum Gasteiger partial charge on any atom is 0.132 e.